The van der Waals surface area contributed by atoms with Gasteiger partial charge in [0.05, 0.1) is 18.8 Å². The number of benzene rings is 1. The topological polar surface area (TPSA) is 32.8 Å². The summed E-state index contributed by atoms with van der Waals surface area (Å²) in [6, 6.07) is 8.56. The summed E-state index contributed by atoms with van der Waals surface area (Å²) in [5.41, 5.74) is 1.95. The van der Waals surface area contributed by atoms with E-state index in [9.17, 15) is 4.79 Å². The molecule has 0 amide bonds. The van der Waals surface area contributed by atoms with Gasteiger partial charge >= 0.3 is 0 Å². The quantitative estimate of drug-likeness (QED) is 0.645. The third-order valence-corrected chi connectivity index (χ3v) is 6.50. The van der Waals surface area contributed by atoms with Crippen molar-refractivity contribution in [1.82, 2.24) is 9.80 Å². The van der Waals surface area contributed by atoms with Crippen molar-refractivity contribution in [2.45, 2.75) is 43.7 Å². The zero-order valence-electron chi connectivity index (χ0n) is 17.6. The van der Waals surface area contributed by atoms with E-state index >= 15 is 0 Å². The van der Waals surface area contributed by atoms with Crippen LogP contribution in [0.5, 0.6) is 0 Å². The van der Waals surface area contributed by atoms with Gasteiger partial charge in [-0.05, 0) is 52.3 Å². The normalized spacial score (nSPS) is 25.0. The van der Waals surface area contributed by atoms with E-state index in [1.54, 1.807) is 0 Å². The van der Waals surface area contributed by atoms with Crippen LogP contribution in [0.2, 0.25) is 0 Å². The number of nitrogens with zero attached hydrogens (tertiary/aromatic N) is 2. The fourth-order valence-electron chi connectivity index (χ4n) is 4.41. The minimum Gasteiger partial charge on any atom is -0.379 e. The molecule has 152 valence electrons. The zero-order valence-corrected chi connectivity index (χ0v) is 17.6. The van der Waals surface area contributed by atoms with Crippen molar-refractivity contribution in [3.05, 3.63) is 59.7 Å². The fourth-order valence-corrected chi connectivity index (χ4v) is 4.41. The summed E-state index contributed by atoms with van der Waals surface area (Å²) in [4.78, 5) is 17.0. The van der Waals surface area contributed by atoms with E-state index in [0.29, 0.717) is 0 Å². The molecule has 1 saturated heterocycles. The van der Waals surface area contributed by atoms with Gasteiger partial charge in [0.2, 0.25) is 0 Å². The molecular weight excluding hydrogens is 348 g/mol. The molecular formula is C24H34N2O2. The zero-order chi connectivity index (χ0) is 20.0. The van der Waals surface area contributed by atoms with Crippen LogP contribution < -0.4 is 0 Å². The minimum atomic E-state index is -0.496. The van der Waals surface area contributed by atoms with Crippen LogP contribution >= 0.6 is 0 Å². The van der Waals surface area contributed by atoms with Gasteiger partial charge in [-0.15, -0.1) is 0 Å². The van der Waals surface area contributed by atoms with Gasteiger partial charge < -0.3 is 9.53 Å². The maximum atomic E-state index is 12.4. The number of rotatable bonds is 8. The summed E-state index contributed by atoms with van der Waals surface area (Å²) >= 11 is 0. The Kier molecular flexibility index (Phi) is 6.86. The molecule has 28 heavy (non-hydrogen) atoms. The molecule has 1 heterocycles. The minimum absolute atomic E-state index is 0.0178. The van der Waals surface area contributed by atoms with Gasteiger partial charge in [-0.25, -0.2) is 0 Å². The standard InChI is InChI=1S/C24H34N2O2/c1-21-7-9-22(10-8-21)19-24(20-27,25(2)3)14-13-23(11-5-4-6-12-23)26-15-17-28-18-16-26/h4-11,20H,12-19H2,1-3H3. The van der Waals surface area contributed by atoms with E-state index in [4.69, 9.17) is 4.74 Å². The Morgan fingerprint density at radius 2 is 1.89 bits per heavy atom. The first-order valence-corrected chi connectivity index (χ1v) is 10.4. The Morgan fingerprint density at radius 1 is 1.18 bits per heavy atom. The lowest BCUT2D eigenvalue weighted by Gasteiger charge is -2.46. The van der Waals surface area contributed by atoms with Gasteiger partial charge in [-0.1, -0.05) is 54.1 Å². The van der Waals surface area contributed by atoms with Gasteiger partial charge in [-0.3, -0.25) is 9.80 Å². The third kappa shape index (κ3) is 4.62. The van der Waals surface area contributed by atoms with Crippen LogP contribution in [-0.4, -0.2) is 67.6 Å². The van der Waals surface area contributed by atoms with Crippen molar-refractivity contribution >= 4 is 6.29 Å². The predicted octanol–water partition coefficient (Wildman–Crippen LogP) is 3.40. The Morgan fingerprint density at radius 3 is 2.46 bits per heavy atom. The van der Waals surface area contributed by atoms with E-state index in [0.717, 1.165) is 52.0 Å². The molecule has 1 fully saturated rings. The van der Waals surface area contributed by atoms with Gasteiger partial charge in [0.1, 0.15) is 6.29 Å². The number of likely N-dealkylation sites (N-methyl/N-ethyl adjacent to an activating group) is 1. The lowest BCUT2D eigenvalue weighted by molar-refractivity contribution is -0.118. The summed E-state index contributed by atoms with van der Waals surface area (Å²) < 4.78 is 5.58. The second kappa shape index (κ2) is 9.17. The molecule has 2 atom stereocenters. The van der Waals surface area contributed by atoms with Gasteiger partial charge in [0.15, 0.2) is 0 Å². The van der Waals surface area contributed by atoms with Crippen LogP contribution in [0.4, 0.5) is 0 Å². The molecule has 0 N–H and O–H groups in total. The van der Waals surface area contributed by atoms with Crippen molar-refractivity contribution in [2.75, 3.05) is 40.4 Å². The molecule has 4 heteroatoms. The highest BCUT2D eigenvalue weighted by Gasteiger charge is 2.40. The van der Waals surface area contributed by atoms with Gasteiger partial charge in [0, 0.05) is 18.6 Å². The van der Waals surface area contributed by atoms with Crippen LogP contribution in [0.1, 0.15) is 30.4 Å². The maximum absolute atomic E-state index is 12.4. The first-order valence-electron chi connectivity index (χ1n) is 10.4. The first kappa shape index (κ1) is 21.0. The van der Waals surface area contributed by atoms with E-state index < -0.39 is 5.54 Å². The third-order valence-electron chi connectivity index (χ3n) is 6.50. The smallest absolute Gasteiger partial charge is 0.140 e. The number of hydrogen-bond donors (Lipinski definition) is 0. The van der Waals surface area contributed by atoms with Crippen LogP contribution in [0, 0.1) is 6.92 Å². The van der Waals surface area contributed by atoms with Crippen LogP contribution in [-0.2, 0) is 16.0 Å². The van der Waals surface area contributed by atoms with Crippen molar-refractivity contribution in [3.63, 3.8) is 0 Å². The number of allylic oxidation sites excluding steroid dienone is 2. The molecule has 2 unspecified atom stereocenters. The second-order valence-electron chi connectivity index (χ2n) is 8.47. The van der Waals surface area contributed by atoms with E-state index in [1.807, 2.05) is 14.1 Å². The second-order valence-corrected chi connectivity index (χ2v) is 8.47. The largest absolute Gasteiger partial charge is 0.379 e. The Bertz CT molecular complexity index is 704. The average Bonchev–Trinajstić information content (AvgIpc) is 2.74. The highest BCUT2D eigenvalue weighted by molar-refractivity contribution is 5.65. The highest BCUT2D eigenvalue weighted by atomic mass is 16.5. The molecule has 1 aromatic rings. The summed E-state index contributed by atoms with van der Waals surface area (Å²) in [5.74, 6) is 0. The summed E-state index contributed by atoms with van der Waals surface area (Å²) in [7, 11) is 4.06. The fraction of sp³-hybridized carbons (Fsp3) is 0.542. The van der Waals surface area contributed by atoms with Crippen molar-refractivity contribution in [2.24, 2.45) is 0 Å². The predicted molar refractivity (Wildman–Crippen MR) is 115 cm³/mol. The number of aldehydes is 1. The number of carbonyl (C=O) groups excluding carboxylic acids is 1. The van der Waals surface area contributed by atoms with E-state index in [2.05, 4.69) is 65.3 Å². The average molecular weight is 383 g/mol. The van der Waals surface area contributed by atoms with Crippen molar-refractivity contribution < 1.29 is 9.53 Å². The molecule has 2 aliphatic rings. The van der Waals surface area contributed by atoms with Crippen molar-refractivity contribution in [1.29, 1.82) is 0 Å². The Balaban J connectivity index is 1.80. The number of ether oxygens (including phenoxy) is 1. The van der Waals surface area contributed by atoms with Gasteiger partial charge in [-0.2, -0.15) is 0 Å². The lowest BCUT2D eigenvalue weighted by atomic mass is 9.77. The SMILES string of the molecule is Cc1ccc(CC(C=O)(CCC2(N3CCOCC3)C=CC=CC2)N(C)C)cc1. The maximum Gasteiger partial charge on any atom is 0.140 e. The number of morpholine rings is 1. The molecule has 1 aromatic carbocycles. The molecule has 1 aliphatic carbocycles. The lowest BCUT2D eigenvalue weighted by Crippen LogP contribution is -2.55. The van der Waals surface area contributed by atoms with E-state index in [1.165, 1.54) is 17.4 Å². The Labute approximate surface area is 169 Å². The van der Waals surface area contributed by atoms with Crippen LogP contribution in [0.15, 0.2) is 48.6 Å². The van der Waals surface area contributed by atoms with Crippen molar-refractivity contribution in [3.8, 4) is 0 Å². The molecule has 0 aromatic heterocycles. The summed E-state index contributed by atoms with van der Waals surface area (Å²) in [5, 5.41) is 0. The van der Waals surface area contributed by atoms with E-state index in [-0.39, 0.29) is 5.54 Å². The molecule has 0 saturated carbocycles. The summed E-state index contributed by atoms with van der Waals surface area (Å²) in [6.45, 7) is 5.57. The molecule has 0 bridgehead atoms. The van der Waals surface area contributed by atoms with Crippen LogP contribution in [0.25, 0.3) is 0 Å². The highest BCUT2D eigenvalue weighted by Crippen LogP contribution is 2.35. The molecule has 3 rings (SSSR count). The van der Waals surface area contributed by atoms with Crippen LogP contribution in [0.3, 0.4) is 0 Å². The number of hydrogen-bond acceptors (Lipinski definition) is 4. The number of aryl methyl sites for hydroxylation is 1. The monoisotopic (exact) mass is 382 g/mol. The summed E-state index contributed by atoms with van der Waals surface area (Å²) in [6.07, 6.45) is 13.6. The number of carbonyl (C=O) groups is 1. The molecule has 4 nitrogen and oxygen atoms in total. The Hall–Kier alpha value is -1.75. The molecule has 1 aliphatic heterocycles. The molecule has 0 spiro atoms. The van der Waals surface area contributed by atoms with Gasteiger partial charge in [0.25, 0.3) is 0 Å². The molecule has 0 radical (unpaired) electrons. The first-order chi connectivity index (χ1) is 13.5.